The molecular formula is C13H25NO. The molecule has 2 nitrogen and oxygen atoms in total. The van der Waals surface area contributed by atoms with Crippen molar-refractivity contribution in [3.8, 4) is 0 Å². The Morgan fingerprint density at radius 1 is 1.20 bits per heavy atom. The third kappa shape index (κ3) is 3.18. The van der Waals surface area contributed by atoms with Gasteiger partial charge >= 0.3 is 0 Å². The largest absolute Gasteiger partial charge is 0.381 e. The standard InChI is InChI=1S/C13H25NO/c1-14-13(9-11-5-2-3-6-11)12-7-4-8-15-10-12/h11-14H,2-10H2,1H3. The summed E-state index contributed by atoms with van der Waals surface area (Å²) in [7, 11) is 2.12. The van der Waals surface area contributed by atoms with Crippen molar-refractivity contribution in [2.24, 2.45) is 11.8 Å². The molecule has 1 N–H and O–H groups in total. The summed E-state index contributed by atoms with van der Waals surface area (Å²) in [5.41, 5.74) is 0. The minimum absolute atomic E-state index is 0.702. The van der Waals surface area contributed by atoms with Crippen LogP contribution in [0.2, 0.25) is 0 Å². The van der Waals surface area contributed by atoms with Gasteiger partial charge in [0.1, 0.15) is 0 Å². The first-order valence-electron chi connectivity index (χ1n) is 6.65. The zero-order chi connectivity index (χ0) is 10.5. The maximum Gasteiger partial charge on any atom is 0.0509 e. The zero-order valence-corrected chi connectivity index (χ0v) is 10.0. The zero-order valence-electron chi connectivity index (χ0n) is 10.0. The Kier molecular flexibility index (Phi) is 4.45. The van der Waals surface area contributed by atoms with Gasteiger partial charge in [-0.25, -0.2) is 0 Å². The van der Waals surface area contributed by atoms with Crippen molar-refractivity contribution in [2.45, 2.75) is 51.0 Å². The second-order valence-electron chi connectivity index (χ2n) is 5.26. The lowest BCUT2D eigenvalue weighted by molar-refractivity contribution is 0.0366. The van der Waals surface area contributed by atoms with Crippen LogP contribution >= 0.6 is 0 Å². The van der Waals surface area contributed by atoms with E-state index < -0.39 is 0 Å². The van der Waals surface area contributed by atoms with E-state index >= 15 is 0 Å². The van der Waals surface area contributed by atoms with Crippen LogP contribution in [0.3, 0.4) is 0 Å². The van der Waals surface area contributed by atoms with Crippen LogP contribution < -0.4 is 5.32 Å². The highest BCUT2D eigenvalue weighted by molar-refractivity contribution is 4.81. The monoisotopic (exact) mass is 211 g/mol. The highest BCUT2D eigenvalue weighted by atomic mass is 16.5. The van der Waals surface area contributed by atoms with Gasteiger partial charge in [0.05, 0.1) is 6.61 Å². The maximum atomic E-state index is 5.59. The molecule has 88 valence electrons. The molecule has 0 aromatic carbocycles. The lowest BCUT2D eigenvalue weighted by Gasteiger charge is -2.31. The predicted molar refractivity (Wildman–Crippen MR) is 63.0 cm³/mol. The van der Waals surface area contributed by atoms with E-state index in [9.17, 15) is 0 Å². The fourth-order valence-electron chi connectivity index (χ4n) is 3.23. The van der Waals surface area contributed by atoms with Crippen LogP contribution in [0.1, 0.15) is 44.9 Å². The Bertz CT molecular complexity index is 171. The maximum absolute atomic E-state index is 5.59. The summed E-state index contributed by atoms with van der Waals surface area (Å²) in [5.74, 6) is 1.76. The molecule has 2 unspecified atom stereocenters. The molecule has 1 saturated heterocycles. The predicted octanol–water partition coefficient (Wildman–Crippen LogP) is 2.58. The van der Waals surface area contributed by atoms with E-state index in [1.807, 2.05) is 0 Å². The summed E-state index contributed by atoms with van der Waals surface area (Å²) < 4.78 is 5.59. The summed E-state index contributed by atoms with van der Waals surface area (Å²) in [6, 6.07) is 0.702. The molecule has 0 amide bonds. The van der Waals surface area contributed by atoms with Crippen molar-refractivity contribution in [1.82, 2.24) is 5.32 Å². The Morgan fingerprint density at radius 3 is 2.60 bits per heavy atom. The summed E-state index contributed by atoms with van der Waals surface area (Å²) in [6.45, 7) is 1.97. The minimum atomic E-state index is 0.702. The third-order valence-corrected chi connectivity index (χ3v) is 4.20. The van der Waals surface area contributed by atoms with Gasteiger partial charge in [-0.15, -0.1) is 0 Å². The number of ether oxygens (including phenoxy) is 1. The molecule has 0 aromatic heterocycles. The molecule has 2 aliphatic rings. The molecule has 1 aliphatic heterocycles. The summed E-state index contributed by atoms with van der Waals surface area (Å²) in [4.78, 5) is 0. The van der Waals surface area contributed by atoms with Crippen LogP contribution in [0.15, 0.2) is 0 Å². The van der Waals surface area contributed by atoms with Crippen molar-refractivity contribution in [1.29, 1.82) is 0 Å². The van der Waals surface area contributed by atoms with Crippen LogP contribution in [0.25, 0.3) is 0 Å². The van der Waals surface area contributed by atoms with Crippen molar-refractivity contribution < 1.29 is 4.74 Å². The van der Waals surface area contributed by atoms with Gasteiger partial charge in [-0.3, -0.25) is 0 Å². The fraction of sp³-hybridized carbons (Fsp3) is 1.00. The van der Waals surface area contributed by atoms with E-state index in [4.69, 9.17) is 4.74 Å². The molecule has 2 fully saturated rings. The average Bonchev–Trinajstić information content (AvgIpc) is 2.80. The lowest BCUT2D eigenvalue weighted by Crippen LogP contribution is -2.39. The van der Waals surface area contributed by atoms with E-state index in [2.05, 4.69) is 12.4 Å². The quantitative estimate of drug-likeness (QED) is 0.771. The minimum Gasteiger partial charge on any atom is -0.381 e. The van der Waals surface area contributed by atoms with E-state index in [-0.39, 0.29) is 0 Å². The molecule has 0 radical (unpaired) electrons. The van der Waals surface area contributed by atoms with Crippen LogP contribution in [0.5, 0.6) is 0 Å². The second kappa shape index (κ2) is 5.86. The molecule has 0 bridgehead atoms. The van der Waals surface area contributed by atoms with Gasteiger partial charge in [0, 0.05) is 12.6 Å². The smallest absolute Gasteiger partial charge is 0.0509 e. The number of hydrogen-bond acceptors (Lipinski definition) is 2. The van der Waals surface area contributed by atoms with Gasteiger partial charge in [-0.05, 0) is 38.1 Å². The molecule has 1 saturated carbocycles. The SMILES string of the molecule is CNC(CC1CCCC1)C1CCCOC1. The van der Waals surface area contributed by atoms with Crippen molar-refractivity contribution >= 4 is 0 Å². The normalized spacial score (nSPS) is 30.6. The Hall–Kier alpha value is -0.0800. The van der Waals surface area contributed by atoms with E-state index in [1.54, 1.807) is 0 Å². The first kappa shape index (κ1) is 11.4. The molecule has 1 heterocycles. The summed E-state index contributed by atoms with van der Waals surface area (Å²) in [6.07, 6.45) is 9.85. The highest BCUT2D eigenvalue weighted by Crippen LogP contribution is 2.31. The third-order valence-electron chi connectivity index (χ3n) is 4.20. The first-order chi connectivity index (χ1) is 7.40. The molecule has 2 atom stereocenters. The van der Waals surface area contributed by atoms with Gasteiger partial charge in [0.2, 0.25) is 0 Å². The molecule has 2 heteroatoms. The Morgan fingerprint density at radius 2 is 2.00 bits per heavy atom. The topological polar surface area (TPSA) is 21.3 Å². The summed E-state index contributed by atoms with van der Waals surface area (Å²) in [5, 5.41) is 3.52. The van der Waals surface area contributed by atoms with Gasteiger partial charge in [-0.2, -0.15) is 0 Å². The van der Waals surface area contributed by atoms with Crippen molar-refractivity contribution in [3.63, 3.8) is 0 Å². The van der Waals surface area contributed by atoms with Gasteiger partial charge in [-0.1, -0.05) is 25.7 Å². The fourth-order valence-corrected chi connectivity index (χ4v) is 3.23. The number of hydrogen-bond donors (Lipinski definition) is 1. The van der Waals surface area contributed by atoms with Gasteiger partial charge < -0.3 is 10.1 Å². The Balaban J connectivity index is 1.79. The van der Waals surface area contributed by atoms with Crippen molar-refractivity contribution in [2.75, 3.05) is 20.3 Å². The van der Waals surface area contributed by atoms with Gasteiger partial charge in [0.25, 0.3) is 0 Å². The highest BCUT2D eigenvalue weighted by Gasteiger charge is 2.26. The van der Waals surface area contributed by atoms with Gasteiger partial charge in [0.15, 0.2) is 0 Å². The molecular weight excluding hydrogens is 186 g/mol. The molecule has 0 spiro atoms. The van der Waals surface area contributed by atoms with Crippen LogP contribution in [-0.2, 0) is 4.74 Å². The molecule has 1 aliphatic carbocycles. The molecule has 0 aromatic rings. The Labute approximate surface area is 93.8 Å². The van der Waals surface area contributed by atoms with Crippen LogP contribution in [0.4, 0.5) is 0 Å². The second-order valence-corrected chi connectivity index (χ2v) is 5.26. The average molecular weight is 211 g/mol. The molecule has 2 rings (SSSR count). The van der Waals surface area contributed by atoms with Crippen LogP contribution in [0, 0.1) is 11.8 Å². The van der Waals surface area contributed by atoms with Crippen molar-refractivity contribution in [3.05, 3.63) is 0 Å². The first-order valence-corrected chi connectivity index (χ1v) is 6.65. The molecule has 15 heavy (non-hydrogen) atoms. The van der Waals surface area contributed by atoms with E-state index in [1.165, 1.54) is 44.9 Å². The summed E-state index contributed by atoms with van der Waals surface area (Å²) >= 11 is 0. The lowest BCUT2D eigenvalue weighted by atomic mass is 9.86. The number of rotatable bonds is 4. The number of nitrogens with one attached hydrogen (secondary N) is 1. The van der Waals surface area contributed by atoms with Crippen LogP contribution in [-0.4, -0.2) is 26.3 Å². The van der Waals surface area contributed by atoms with E-state index in [0.717, 1.165) is 25.0 Å². The van der Waals surface area contributed by atoms with E-state index in [0.29, 0.717) is 6.04 Å².